The van der Waals surface area contributed by atoms with E-state index in [2.05, 4.69) is 10.0 Å². The number of anilines is 2. The number of carbonyl (C=O) groups is 1. The zero-order valence-corrected chi connectivity index (χ0v) is 19.8. The van der Waals surface area contributed by atoms with Crippen molar-refractivity contribution in [1.82, 2.24) is 19.2 Å². The molecule has 34 heavy (non-hydrogen) atoms. The summed E-state index contributed by atoms with van der Waals surface area (Å²) in [7, 11) is -2.70. The first-order valence-electron chi connectivity index (χ1n) is 10.8. The predicted octanol–water partition coefficient (Wildman–Crippen LogP) is 2.08. The highest BCUT2D eigenvalue weighted by Gasteiger charge is 2.41. The van der Waals surface area contributed by atoms with Gasteiger partial charge in [-0.05, 0) is 55.8 Å². The van der Waals surface area contributed by atoms with Crippen LogP contribution in [0.1, 0.15) is 25.2 Å². The van der Waals surface area contributed by atoms with Crippen LogP contribution in [0.4, 0.5) is 15.9 Å². The number of carbonyl (C=O) groups excluding carboxylic acids is 1. The monoisotopic (exact) mass is 486 g/mol. The van der Waals surface area contributed by atoms with Crippen molar-refractivity contribution in [1.29, 1.82) is 0 Å². The first kappa shape index (κ1) is 23.9. The third-order valence-corrected chi connectivity index (χ3v) is 6.35. The second kappa shape index (κ2) is 9.53. The fourth-order valence-corrected chi connectivity index (χ4v) is 4.58. The lowest BCUT2D eigenvalue weighted by atomic mass is 9.99. The number of fused-ring (bicyclic) bond motifs is 1. The Kier molecular flexibility index (Phi) is 6.69. The van der Waals surface area contributed by atoms with Crippen molar-refractivity contribution in [2.75, 3.05) is 18.4 Å². The molecule has 0 saturated carbocycles. The minimum absolute atomic E-state index is 0.0875. The predicted molar refractivity (Wildman–Crippen MR) is 128 cm³/mol. The molecule has 1 aliphatic rings. The van der Waals surface area contributed by atoms with E-state index in [9.17, 15) is 17.6 Å². The van der Waals surface area contributed by atoms with Crippen LogP contribution in [0, 0.1) is 5.82 Å². The minimum atomic E-state index is -2.70. The standard InChI is InChI=1S/C23H27FN6O3S/c1-23(2)22-28-20(16-6-8-17(24)9-7-16)21(29(22)10-11-30(23)19(31)13-25)27-18-5-3-4-15(12-18)14-26-34(32)33/h3-9,12,27,34H,10-11,13-14,25H2,1-2H3,(H,26,32,33). The van der Waals surface area contributed by atoms with Gasteiger partial charge >= 0.3 is 0 Å². The van der Waals surface area contributed by atoms with Crippen molar-refractivity contribution in [3.8, 4) is 11.3 Å². The zero-order chi connectivity index (χ0) is 24.5. The Hall–Kier alpha value is -3.28. The van der Waals surface area contributed by atoms with Gasteiger partial charge in [-0.2, -0.15) is 0 Å². The average Bonchev–Trinajstić information content (AvgIpc) is 3.17. The van der Waals surface area contributed by atoms with Gasteiger partial charge in [-0.25, -0.2) is 22.5 Å². The molecule has 0 spiro atoms. The SMILES string of the molecule is CC1(C)c2nc(-c3ccc(F)cc3)c(Nc3cccc(CN[SH](=O)=O)c3)n2CCN1C(=O)CN. The molecule has 0 atom stereocenters. The first-order chi connectivity index (χ1) is 16.2. The van der Waals surface area contributed by atoms with Gasteiger partial charge in [-0.3, -0.25) is 4.79 Å². The summed E-state index contributed by atoms with van der Waals surface area (Å²) in [5.41, 5.74) is 7.79. The molecule has 4 N–H and O–H groups in total. The number of benzene rings is 2. The lowest BCUT2D eigenvalue weighted by molar-refractivity contribution is -0.137. The second-order valence-corrected chi connectivity index (χ2v) is 9.35. The van der Waals surface area contributed by atoms with Crippen molar-refractivity contribution in [2.45, 2.75) is 32.5 Å². The van der Waals surface area contributed by atoms with Crippen molar-refractivity contribution < 1.29 is 17.6 Å². The topological polar surface area (TPSA) is 122 Å². The molecule has 0 saturated heterocycles. The summed E-state index contributed by atoms with van der Waals surface area (Å²) in [5, 5.41) is 3.42. The number of nitrogens with two attached hydrogens (primary N) is 1. The summed E-state index contributed by atoms with van der Waals surface area (Å²) in [6.07, 6.45) is 0. The number of amides is 1. The van der Waals surface area contributed by atoms with E-state index in [0.717, 1.165) is 16.8 Å². The molecular formula is C23H27FN6O3S. The van der Waals surface area contributed by atoms with Crippen LogP contribution in [-0.4, -0.2) is 41.9 Å². The fourth-order valence-electron chi connectivity index (χ4n) is 4.27. The van der Waals surface area contributed by atoms with Crippen LogP contribution >= 0.6 is 0 Å². The molecule has 180 valence electrons. The number of halogens is 1. The molecule has 0 fully saturated rings. The van der Waals surface area contributed by atoms with Gasteiger partial charge in [0, 0.05) is 30.9 Å². The van der Waals surface area contributed by atoms with Gasteiger partial charge in [-0.1, -0.05) is 12.1 Å². The first-order valence-corrected chi connectivity index (χ1v) is 12.0. The lowest BCUT2D eigenvalue weighted by Gasteiger charge is -2.42. The van der Waals surface area contributed by atoms with Crippen LogP contribution < -0.4 is 15.8 Å². The van der Waals surface area contributed by atoms with Crippen LogP contribution in [-0.2, 0) is 34.3 Å². The Labute approximate surface area is 198 Å². The summed E-state index contributed by atoms with van der Waals surface area (Å²) >= 11 is 0. The van der Waals surface area contributed by atoms with E-state index >= 15 is 0 Å². The Morgan fingerprint density at radius 1 is 1.18 bits per heavy atom. The quantitative estimate of drug-likeness (QED) is 0.380. The second-order valence-electron chi connectivity index (χ2n) is 8.52. The number of thiol groups is 1. The van der Waals surface area contributed by atoms with Gasteiger partial charge in [-0.15, -0.1) is 0 Å². The van der Waals surface area contributed by atoms with Gasteiger partial charge in [0.05, 0.1) is 12.1 Å². The van der Waals surface area contributed by atoms with E-state index in [1.54, 1.807) is 17.0 Å². The fraction of sp³-hybridized carbons (Fsp3) is 0.304. The van der Waals surface area contributed by atoms with Crippen LogP contribution in [0.5, 0.6) is 0 Å². The summed E-state index contributed by atoms with van der Waals surface area (Å²) < 4.78 is 39.8. The molecule has 0 bridgehead atoms. The Morgan fingerprint density at radius 2 is 1.91 bits per heavy atom. The summed E-state index contributed by atoms with van der Waals surface area (Å²) in [6.45, 7) is 4.90. The molecular weight excluding hydrogens is 459 g/mol. The van der Waals surface area contributed by atoms with E-state index in [1.807, 2.05) is 42.7 Å². The van der Waals surface area contributed by atoms with Crippen LogP contribution in [0.2, 0.25) is 0 Å². The van der Waals surface area contributed by atoms with E-state index in [0.29, 0.717) is 30.4 Å². The highest BCUT2D eigenvalue weighted by atomic mass is 32.2. The molecule has 2 heterocycles. The van der Waals surface area contributed by atoms with E-state index < -0.39 is 16.4 Å². The number of aromatic nitrogens is 2. The van der Waals surface area contributed by atoms with Gasteiger partial charge in [0.1, 0.15) is 23.2 Å². The third kappa shape index (κ3) is 4.67. The zero-order valence-electron chi connectivity index (χ0n) is 18.9. The van der Waals surface area contributed by atoms with Crippen LogP contribution in [0.15, 0.2) is 48.5 Å². The van der Waals surface area contributed by atoms with E-state index in [4.69, 9.17) is 10.7 Å². The van der Waals surface area contributed by atoms with Crippen molar-refractivity contribution >= 4 is 28.3 Å². The van der Waals surface area contributed by atoms with Gasteiger partial charge < -0.3 is 20.5 Å². The molecule has 4 rings (SSSR count). The number of nitrogens with zero attached hydrogens (tertiary/aromatic N) is 3. The lowest BCUT2D eigenvalue weighted by Crippen LogP contribution is -2.53. The molecule has 2 aromatic carbocycles. The Morgan fingerprint density at radius 3 is 2.59 bits per heavy atom. The third-order valence-electron chi connectivity index (χ3n) is 5.93. The largest absolute Gasteiger partial charge is 0.340 e. The molecule has 0 unspecified atom stereocenters. The van der Waals surface area contributed by atoms with Gasteiger partial charge in [0.2, 0.25) is 16.8 Å². The van der Waals surface area contributed by atoms with Gasteiger partial charge in [0.25, 0.3) is 0 Å². The number of hydrogen-bond donors (Lipinski definition) is 4. The van der Waals surface area contributed by atoms with Crippen LogP contribution in [0.25, 0.3) is 11.3 Å². The molecule has 9 nitrogen and oxygen atoms in total. The van der Waals surface area contributed by atoms with Crippen molar-refractivity contribution in [2.24, 2.45) is 5.73 Å². The molecule has 11 heteroatoms. The molecule has 0 aliphatic carbocycles. The Bertz CT molecular complexity index is 1280. The number of rotatable bonds is 7. The Balaban J connectivity index is 1.79. The van der Waals surface area contributed by atoms with Crippen molar-refractivity contribution in [3.63, 3.8) is 0 Å². The maximum Gasteiger partial charge on any atom is 0.237 e. The number of imidazole rings is 1. The van der Waals surface area contributed by atoms with E-state index in [-0.39, 0.29) is 24.8 Å². The van der Waals surface area contributed by atoms with E-state index in [1.165, 1.54) is 12.1 Å². The minimum Gasteiger partial charge on any atom is -0.340 e. The maximum atomic E-state index is 13.6. The number of nitrogens with one attached hydrogen (secondary N) is 2. The summed E-state index contributed by atoms with van der Waals surface area (Å²) in [6, 6.07) is 13.4. The summed E-state index contributed by atoms with van der Waals surface area (Å²) in [5.74, 6) is 0.881. The van der Waals surface area contributed by atoms with Crippen molar-refractivity contribution in [3.05, 3.63) is 65.7 Å². The maximum absolute atomic E-state index is 13.6. The highest BCUT2D eigenvalue weighted by Crippen LogP contribution is 2.39. The van der Waals surface area contributed by atoms with Gasteiger partial charge in [0.15, 0.2) is 0 Å². The highest BCUT2D eigenvalue weighted by molar-refractivity contribution is 7.70. The molecule has 1 aliphatic heterocycles. The normalized spacial score (nSPS) is 14.8. The molecule has 3 aromatic rings. The van der Waals surface area contributed by atoms with Crippen LogP contribution in [0.3, 0.4) is 0 Å². The molecule has 0 radical (unpaired) electrons. The molecule has 1 aromatic heterocycles. The molecule has 1 amide bonds. The smallest absolute Gasteiger partial charge is 0.237 e. The summed E-state index contributed by atoms with van der Waals surface area (Å²) in [4.78, 5) is 19.1. The number of hydrogen-bond acceptors (Lipinski definition) is 6. The average molecular weight is 487 g/mol.